The summed E-state index contributed by atoms with van der Waals surface area (Å²) in [6.45, 7) is 0. The van der Waals surface area contributed by atoms with Crippen LogP contribution >= 0.6 is 0 Å². The van der Waals surface area contributed by atoms with E-state index in [-0.39, 0.29) is 0 Å². The maximum absolute atomic E-state index is 11.6. The molecular weight excluding hydrogens is 392 g/mol. The predicted molar refractivity (Wildman–Crippen MR) is 127 cm³/mol. The van der Waals surface area contributed by atoms with Gasteiger partial charge in [-0.25, -0.2) is 8.42 Å². The third-order valence-electron chi connectivity index (χ3n) is 5.37. The van der Waals surface area contributed by atoms with Gasteiger partial charge in [-0.15, -0.1) is 0 Å². The molecule has 3 aromatic rings. The molecule has 1 N–H and O–H groups in total. The summed E-state index contributed by atoms with van der Waals surface area (Å²) in [5.41, 5.74) is 9.00. The second-order valence-corrected chi connectivity index (χ2v) is 9.70. The van der Waals surface area contributed by atoms with E-state index in [1.165, 1.54) is 33.5 Å². The summed E-state index contributed by atoms with van der Waals surface area (Å²) in [6.07, 6.45) is 5.30. The van der Waals surface area contributed by atoms with Crippen LogP contribution in [0.5, 0.6) is 0 Å². The highest BCUT2D eigenvalue weighted by molar-refractivity contribution is 7.92. The molecule has 5 heteroatoms. The minimum Gasteiger partial charge on any atom is -0.378 e. The molecule has 1 aliphatic carbocycles. The Kier molecular flexibility index (Phi) is 5.39. The molecule has 0 heterocycles. The first-order valence-corrected chi connectivity index (χ1v) is 11.9. The molecule has 0 saturated heterocycles. The van der Waals surface area contributed by atoms with E-state index >= 15 is 0 Å². The topological polar surface area (TPSA) is 49.4 Å². The Hall–Kier alpha value is -3.05. The summed E-state index contributed by atoms with van der Waals surface area (Å²) in [6, 6.07) is 22.7. The lowest BCUT2D eigenvalue weighted by atomic mass is 9.92. The number of sulfonamides is 1. The minimum atomic E-state index is -3.32. The number of nitrogens with one attached hydrogen (secondary N) is 1. The largest absolute Gasteiger partial charge is 0.378 e. The molecule has 0 bridgehead atoms. The first-order chi connectivity index (χ1) is 14.3. The van der Waals surface area contributed by atoms with Crippen LogP contribution in [0.15, 0.2) is 66.7 Å². The number of benzene rings is 3. The fourth-order valence-corrected chi connectivity index (χ4v) is 4.53. The fourth-order valence-electron chi connectivity index (χ4n) is 3.97. The Bertz CT molecular complexity index is 1230. The molecule has 0 unspecified atom stereocenters. The van der Waals surface area contributed by atoms with Crippen LogP contribution in [-0.4, -0.2) is 28.8 Å². The van der Waals surface area contributed by atoms with E-state index < -0.39 is 10.0 Å². The standard InChI is InChI=1S/C25H26N2O2S/c1-27(2)22-13-14-24-20(17-22)12-11-19-8-4-5-10-23(19)25(24)16-18-7-6-9-21(15-18)26-30(3,28)29/h4-10,13-17,26H,11-12H2,1-3H3. The van der Waals surface area contributed by atoms with Crippen molar-refractivity contribution < 1.29 is 8.42 Å². The molecule has 1 aliphatic rings. The highest BCUT2D eigenvalue weighted by Gasteiger charge is 2.18. The van der Waals surface area contributed by atoms with Crippen LogP contribution in [0.2, 0.25) is 0 Å². The van der Waals surface area contributed by atoms with Gasteiger partial charge in [0.2, 0.25) is 10.0 Å². The maximum atomic E-state index is 11.6. The van der Waals surface area contributed by atoms with Gasteiger partial charge in [0.05, 0.1) is 6.26 Å². The van der Waals surface area contributed by atoms with E-state index in [1.54, 1.807) is 6.07 Å². The zero-order chi connectivity index (χ0) is 21.3. The van der Waals surface area contributed by atoms with Crippen LogP contribution in [0.4, 0.5) is 11.4 Å². The number of anilines is 2. The van der Waals surface area contributed by atoms with Gasteiger partial charge >= 0.3 is 0 Å². The van der Waals surface area contributed by atoms with E-state index in [2.05, 4.69) is 72.3 Å². The highest BCUT2D eigenvalue weighted by Crippen LogP contribution is 2.36. The van der Waals surface area contributed by atoms with Crippen molar-refractivity contribution in [1.82, 2.24) is 0 Å². The van der Waals surface area contributed by atoms with Gasteiger partial charge in [0.1, 0.15) is 0 Å². The highest BCUT2D eigenvalue weighted by atomic mass is 32.2. The van der Waals surface area contributed by atoms with Crippen molar-refractivity contribution in [3.8, 4) is 0 Å². The van der Waals surface area contributed by atoms with Crippen LogP contribution in [-0.2, 0) is 22.9 Å². The van der Waals surface area contributed by atoms with Crippen molar-refractivity contribution in [1.29, 1.82) is 0 Å². The Morgan fingerprint density at radius 2 is 1.60 bits per heavy atom. The number of aryl methyl sites for hydroxylation is 2. The fraction of sp³-hybridized carbons (Fsp3) is 0.200. The van der Waals surface area contributed by atoms with Crippen molar-refractivity contribution in [3.05, 3.63) is 94.5 Å². The number of hydrogen-bond acceptors (Lipinski definition) is 3. The van der Waals surface area contributed by atoms with Gasteiger partial charge in [-0.1, -0.05) is 42.5 Å². The molecule has 4 rings (SSSR count). The third-order valence-corrected chi connectivity index (χ3v) is 5.97. The SMILES string of the molecule is CN(C)c1ccc2c(c1)CCc1ccccc1C2=Cc1cccc(NS(C)(=O)=O)c1. The molecule has 0 spiro atoms. The van der Waals surface area contributed by atoms with Gasteiger partial charge < -0.3 is 4.90 Å². The van der Waals surface area contributed by atoms with Crippen LogP contribution in [0.25, 0.3) is 11.6 Å². The monoisotopic (exact) mass is 418 g/mol. The number of rotatable bonds is 4. The molecule has 3 aromatic carbocycles. The second-order valence-electron chi connectivity index (χ2n) is 7.95. The van der Waals surface area contributed by atoms with Crippen LogP contribution < -0.4 is 9.62 Å². The number of hydrogen-bond donors (Lipinski definition) is 1. The Labute approximate surface area is 178 Å². The number of fused-ring (bicyclic) bond motifs is 2. The van der Waals surface area contributed by atoms with Crippen molar-refractivity contribution in [2.75, 3.05) is 30.0 Å². The molecule has 0 atom stereocenters. The molecular formula is C25H26N2O2S. The van der Waals surface area contributed by atoms with E-state index in [1.807, 2.05) is 18.2 Å². The summed E-state index contributed by atoms with van der Waals surface area (Å²) in [4.78, 5) is 2.13. The van der Waals surface area contributed by atoms with Crippen LogP contribution in [0.3, 0.4) is 0 Å². The predicted octanol–water partition coefficient (Wildman–Crippen LogP) is 4.81. The van der Waals surface area contributed by atoms with E-state index in [4.69, 9.17) is 0 Å². The first-order valence-electron chi connectivity index (χ1n) is 9.98. The van der Waals surface area contributed by atoms with Crippen molar-refractivity contribution >= 4 is 33.0 Å². The van der Waals surface area contributed by atoms with Gasteiger partial charge in [-0.3, -0.25) is 4.72 Å². The average molecular weight is 419 g/mol. The normalized spacial score (nSPS) is 14.6. The van der Waals surface area contributed by atoms with Crippen molar-refractivity contribution in [2.45, 2.75) is 12.8 Å². The first kappa shape index (κ1) is 20.2. The average Bonchev–Trinajstić information content (AvgIpc) is 2.84. The quantitative estimate of drug-likeness (QED) is 0.661. The smallest absolute Gasteiger partial charge is 0.229 e. The molecule has 0 saturated carbocycles. The Balaban J connectivity index is 1.87. The summed E-state index contributed by atoms with van der Waals surface area (Å²) in [7, 11) is 0.801. The summed E-state index contributed by atoms with van der Waals surface area (Å²) >= 11 is 0. The molecule has 0 fully saturated rings. The zero-order valence-electron chi connectivity index (χ0n) is 17.5. The summed E-state index contributed by atoms with van der Waals surface area (Å²) < 4.78 is 25.8. The Morgan fingerprint density at radius 3 is 2.37 bits per heavy atom. The zero-order valence-corrected chi connectivity index (χ0v) is 18.3. The molecule has 30 heavy (non-hydrogen) atoms. The maximum Gasteiger partial charge on any atom is 0.229 e. The van der Waals surface area contributed by atoms with Gasteiger partial charge in [-0.05, 0) is 76.6 Å². The second kappa shape index (κ2) is 8.00. The van der Waals surface area contributed by atoms with E-state index in [9.17, 15) is 8.42 Å². The van der Waals surface area contributed by atoms with Crippen LogP contribution in [0.1, 0.15) is 27.8 Å². The molecule has 4 nitrogen and oxygen atoms in total. The van der Waals surface area contributed by atoms with Gasteiger partial charge in [0.15, 0.2) is 0 Å². The van der Waals surface area contributed by atoms with E-state index in [0.29, 0.717) is 5.69 Å². The number of nitrogens with zero attached hydrogens (tertiary/aromatic N) is 1. The lowest BCUT2D eigenvalue weighted by Crippen LogP contribution is -2.09. The lowest BCUT2D eigenvalue weighted by Gasteiger charge is -2.17. The van der Waals surface area contributed by atoms with Crippen LogP contribution in [0, 0.1) is 0 Å². The van der Waals surface area contributed by atoms with Crippen molar-refractivity contribution in [3.63, 3.8) is 0 Å². The summed E-state index contributed by atoms with van der Waals surface area (Å²) in [5.74, 6) is 0. The molecule has 0 aromatic heterocycles. The summed E-state index contributed by atoms with van der Waals surface area (Å²) in [5, 5.41) is 0. The molecule has 0 amide bonds. The van der Waals surface area contributed by atoms with Gasteiger partial charge in [0.25, 0.3) is 0 Å². The molecule has 0 aliphatic heterocycles. The minimum absolute atomic E-state index is 0.567. The van der Waals surface area contributed by atoms with E-state index in [0.717, 1.165) is 24.7 Å². The van der Waals surface area contributed by atoms with Gasteiger partial charge in [-0.2, -0.15) is 0 Å². The molecule has 0 radical (unpaired) electrons. The van der Waals surface area contributed by atoms with Crippen molar-refractivity contribution in [2.24, 2.45) is 0 Å². The lowest BCUT2D eigenvalue weighted by molar-refractivity contribution is 0.607. The molecule has 154 valence electrons. The Morgan fingerprint density at radius 1 is 0.867 bits per heavy atom. The third kappa shape index (κ3) is 4.41. The van der Waals surface area contributed by atoms with Gasteiger partial charge in [0, 0.05) is 25.5 Å².